The summed E-state index contributed by atoms with van der Waals surface area (Å²) in [6.45, 7) is 4.88. The van der Waals surface area contributed by atoms with Crippen LogP contribution in [0.3, 0.4) is 0 Å². The summed E-state index contributed by atoms with van der Waals surface area (Å²) in [5.74, 6) is -0.428. The highest BCUT2D eigenvalue weighted by atomic mass is 35.5. The van der Waals surface area contributed by atoms with Gasteiger partial charge >= 0.3 is 0 Å². The molecular weight excluding hydrogens is 673 g/mol. The lowest BCUT2D eigenvalue weighted by atomic mass is 10.0. The zero-order chi connectivity index (χ0) is 35.0. The number of anilines is 1. The molecule has 0 saturated carbocycles. The molecule has 1 atom stereocenters. The zero-order valence-corrected chi connectivity index (χ0v) is 29.8. The first-order valence-corrected chi connectivity index (χ1v) is 17.4. The van der Waals surface area contributed by atoms with E-state index in [-0.39, 0.29) is 46.3 Å². The lowest BCUT2D eigenvalue weighted by Gasteiger charge is -2.34. The third-order valence-electron chi connectivity index (χ3n) is 7.58. The predicted molar refractivity (Wildman–Crippen MR) is 189 cm³/mol. The molecule has 4 aromatic rings. The highest BCUT2D eigenvalue weighted by Gasteiger charge is 2.35. The van der Waals surface area contributed by atoms with Crippen molar-refractivity contribution in [3.63, 3.8) is 0 Å². The van der Waals surface area contributed by atoms with E-state index in [9.17, 15) is 18.0 Å². The van der Waals surface area contributed by atoms with Crippen molar-refractivity contribution in [1.29, 1.82) is 0 Å². The van der Waals surface area contributed by atoms with Gasteiger partial charge in [0.2, 0.25) is 11.8 Å². The maximum atomic E-state index is 14.6. The van der Waals surface area contributed by atoms with Crippen LogP contribution in [0.1, 0.15) is 30.5 Å². The van der Waals surface area contributed by atoms with E-state index >= 15 is 0 Å². The van der Waals surface area contributed by atoms with Gasteiger partial charge in [-0.25, -0.2) is 8.42 Å². The molecule has 2 amide bonds. The van der Waals surface area contributed by atoms with E-state index in [2.05, 4.69) is 5.32 Å². The lowest BCUT2D eigenvalue weighted by Crippen LogP contribution is -2.54. The van der Waals surface area contributed by atoms with E-state index in [4.69, 9.17) is 32.7 Å². The van der Waals surface area contributed by atoms with E-state index in [1.807, 2.05) is 51.1 Å². The van der Waals surface area contributed by atoms with E-state index < -0.39 is 28.5 Å². The lowest BCUT2D eigenvalue weighted by molar-refractivity contribution is -0.140. The van der Waals surface area contributed by atoms with Gasteiger partial charge in [-0.1, -0.05) is 77.3 Å². The van der Waals surface area contributed by atoms with Crippen LogP contribution in [0.25, 0.3) is 0 Å². The molecule has 1 N–H and O–H groups in total. The molecule has 0 aliphatic carbocycles. The molecule has 0 aliphatic rings. The first kappa shape index (κ1) is 36.6. The summed E-state index contributed by atoms with van der Waals surface area (Å²) in [5.41, 5.74) is 2.60. The molecular formula is C36H39Cl2N3O6S. The number of ether oxygens (including phenoxy) is 2. The average Bonchev–Trinajstić information content (AvgIpc) is 3.06. The minimum absolute atomic E-state index is 0.0448. The van der Waals surface area contributed by atoms with Gasteiger partial charge < -0.3 is 19.7 Å². The number of aryl methyl sites for hydroxylation is 1. The van der Waals surface area contributed by atoms with E-state index in [0.29, 0.717) is 16.3 Å². The van der Waals surface area contributed by atoms with Crippen LogP contribution in [0, 0.1) is 6.92 Å². The van der Waals surface area contributed by atoms with Crippen molar-refractivity contribution in [1.82, 2.24) is 10.2 Å². The second kappa shape index (κ2) is 16.2. The zero-order valence-electron chi connectivity index (χ0n) is 27.4. The fraction of sp³-hybridized carbons (Fsp3) is 0.278. The number of rotatable bonds is 14. The first-order chi connectivity index (χ1) is 22.8. The topological polar surface area (TPSA) is 105 Å². The van der Waals surface area contributed by atoms with Crippen molar-refractivity contribution in [3.05, 3.63) is 118 Å². The quantitative estimate of drug-likeness (QED) is 0.157. The molecule has 0 aromatic heterocycles. The summed E-state index contributed by atoms with van der Waals surface area (Å²) in [4.78, 5) is 29.7. The first-order valence-electron chi connectivity index (χ1n) is 15.2. The second-order valence-electron chi connectivity index (χ2n) is 11.5. The van der Waals surface area contributed by atoms with Crippen LogP contribution in [-0.2, 0) is 32.6 Å². The molecule has 0 bridgehead atoms. The van der Waals surface area contributed by atoms with Gasteiger partial charge in [0, 0.05) is 25.1 Å². The summed E-state index contributed by atoms with van der Waals surface area (Å²) < 4.78 is 40.5. The Bertz CT molecular complexity index is 1840. The van der Waals surface area contributed by atoms with Gasteiger partial charge in [0.1, 0.15) is 12.6 Å². The van der Waals surface area contributed by atoms with E-state index in [1.165, 1.54) is 37.3 Å². The molecule has 4 rings (SSSR count). The van der Waals surface area contributed by atoms with Gasteiger partial charge in [0.15, 0.2) is 11.5 Å². The summed E-state index contributed by atoms with van der Waals surface area (Å²) >= 11 is 12.5. The van der Waals surface area contributed by atoms with E-state index in [1.54, 1.807) is 42.5 Å². The molecule has 0 spiro atoms. The number of nitrogens with one attached hydrogen (secondary N) is 1. The third-order valence-corrected chi connectivity index (χ3v) is 10.1. The van der Waals surface area contributed by atoms with Gasteiger partial charge in [-0.05, 0) is 68.3 Å². The number of benzene rings is 4. The Hall–Kier alpha value is -4.25. The van der Waals surface area contributed by atoms with Crippen LogP contribution in [0.15, 0.2) is 95.9 Å². The Kier molecular flexibility index (Phi) is 12.4. The highest BCUT2D eigenvalue weighted by molar-refractivity contribution is 7.92. The molecule has 0 radical (unpaired) electrons. The number of nitrogens with zero attached hydrogens (tertiary/aromatic N) is 2. The Morgan fingerprint density at radius 1 is 0.812 bits per heavy atom. The summed E-state index contributed by atoms with van der Waals surface area (Å²) in [7, 11) is -1.49. The monoisotopic (exact) mass is 711 g/mol. The number of sulfonamides is 1. The predicted octanol–water partition coefficient (Wildman–Crippen LogP) is 6.68. The fourth-order valence-electron chi connectivity index (χ4n) is 5.11. The van der Waals surface area contributed by atoms with Crippen LogP contribution in [0.4, 0.5) is 5.69 Å². The summed E-state index contributed by atoms with van der Waals surface area (Å²) in [5, 5.41) is 3.56. The molecule has 4 aromatic carbocycles. The Labute approximate surface area is 292 Å². The number of methoxy groups -OCH3 is 2. The fourth-order valence-corrected chi connectivity index (χ4v) is 6.86. The Balaban J connectivity index is 1.84. The second-order valence-corrected chi connectivity index (χ2v) is 14.2. The van der Waals surface area contributed by atoms with Crippen molar-refractivity contribution in [2.75, 3.05) is 25.1 Å². The van der Waals surface area contributed by atoms with Crippen LogP contribution in [0.5, 0.6) is 11.5 Å². The molecule has 0 unspecified atom stereocenters. The minimum Gasteiger partial charge on any atom is -0.493 e. The number of hydrogen-bond donors (Lipinski definition) is 1. The number of carbonyl (C=O) groups is 2. The molecule has 0 aliphatic heterocycles. The van der Waals surface area contributed by atoms with Gasteiger partial charge in [-0.15, -0.1) is 0 Å². The van der Waals surface area contributed by atoms with Crippen molar-refractivity contribution in [2.24, 2.45) is 0 Å². The van der Waals surface area contributed by atoms with Crippen LogP contribution >= 0.6 is 23.2 Å². The van der Waals surface area contributed by atoms with Crippen LogP contribution < -0.4 is 19.1 Å². The van der Waals surface area contributed by atoms with Crippen molar-refractivity contribution >= 4 is 50.7 Å². The average molecular weight is 713 g/mol. The minimum atomic E-state index is -4.35. The van der Waals surface area contributed by atoms with Crippen LogP contribution in [0.2, 0.25) is 10.0 Å². The maximum absolute atomic E-state index is 14.6. The standard InChI is InChI=1S/C36H39Cl2N3O6S/c1-24(2)39-36(43)32(20-26-9-7-6-8-10-26)40(22-27-13-17-30(37)31(38)19-27)35(42)23-41(28-14-11-25(3)12-15-28)48(44,45)29-16-18-33(46-4)34(21-29)47-5/h6-19,21,24,32H,20,22-23H2,1-5H3,(H,39,43)/t32-/m0/s1. The molecule has 0 heterocycles. The van der Waals surface area contributed by atoms with Crippen LogP contribution in [-0.4, -0.2) is 58.0 Å². The van der Waals surface area contributed by atoms with Gasteiger partial charge in [-0.3, -0.25) is 13.9 Å². The maximum Gasteiger partial charge on any atom is 0.264 e. The largest absolute Gasteiger partial charge is 0.493 e. The molecule has 0 saturated heterocycles. The number of carbonyl (C=O) groups excluding carboxylic acids is 2. The van der Waals surface area contributed by atoms with Crippen molar-refractivity contribution in [3.8, 4) is 11.5 Å². The van der Waals surface area contributed by atoms with E-state index in [0.717, 1.165) is 15.4 Å². The Morgan fingerprint density at radius 3 is 2.08 bits per heavy atom. The Morgan fingerprint density at radius 2 is 1.48 bits per heavy atom. The van der Waals surface area contributed by atoms with Gasteiger partial charge in [-0.2, -0.15) is 0 Å². The SMILES string of the molecule is COc1ccc(S(=O)(=O)N(CC(=O)N(Cc2ccc(Cl)c(Cl)c2)[C@@H](Cc2ccccc2)C(=O)NC(C)C)c2ccc(C)cc2)cc1OC. The van der Waals surface area contributed by atoms with Crippen molar-refractivity contribution in [2.45, 2.75) is 50.7 Å². The summed E-state index contributed by atoms with van der Waals surface area (Å²) in [6.07, 6.45) is 0.180. The smallest absolute Gasteiger partial charge is 0.264 e. The molecule has 254 valence electrons. The number of amides is 2. The highest BCUT2D eigenvalue weighted by Crippen LogP contribution is 2.33. The molecule has 48 heavy (non-hydrogen) atoms. The third kappa shape index (κ3) is 9.00. The number of hydrogen-bond acceptors (Lipinski definition) is 6. The summed E-state index contributed by atoms with van der Waals surface area (Å²) in [6, 6.07) is 24.1. The molecule has 12 heteroatoms. The molecule has 0 fully saturated rings. The molecule has 9 nitrogen and oxygen atoms in total. The normalized spacial score (nSPS) is 11.9. The van der Waals surface area contributed by atoms with Crippen molar-refractivity contribution < 1.29 is 27.5 Å². The number of halogens is 2. The van der Waals surface area contributed by atoms with Gasteiger partial charge in [0.25, 0.3) is 10.0 Å². The van der Waals surface area contributed by atoms with Gasteiger partial charge in [0.05, 0.1) is 34.8 Å².